The summed E-state index contributed by atoms with van der Waals surface area (Å²) in [6, 6.07) is 8.13. The Bertz CT molecular complexity index is 1020. The molecule has 2 heterocycles. The molecular formula is C20H19F4N3O2S. The van der Waals surface area contributed by atoms with Gasteiger partial charge < -0.3 is 10.1 Å². The molecular weight excluding hydrogens is 422 g/mol. The number of carbonyl (C=O) groups is 1. The van der Waals surface area contributed by atoms with Gasteiger partial charge in [0.2, 0.25) is 0 Å². The first-order chi connectivity index (χ1) is 14.2. The molecule has 30 heavy (non-hydrogen) atoms. The Morgan fingerprint density at radius 1 is 1.30 bits per heavy atom. The molecule has 0 fully saturated rings. The molecule has 1 amide bonds. The van der Waals surface area contributed by atoms with Crippen LogP contribution < -0.4 is 5.32 Å². The maximum Gasteiger partial charge on any atom is 0.330 e. The van der Waals surface area contributed by atoms with E-state index in [9.17, 15) is 22.4 Å². The molecule has 5 nitrogen and oxygen atoms in total. The highest BCUT2D eigenvalue weighted by atomic mass is 32.1. The average Bonchev–Trinajstić information content (AvgIpc) is 3.29. The maximum atomic E-state index is 12.9. The number of nitrogens with one attached hydrogen (secondary N) is 1. The lowest BCUT2D eigenvalue weighted by atomic mass is 10.2. The minimum Gasteiger partial charge on any atom is -0.370 e. The zero-order valence-corrected chi connectivity index (χ0v) is 17.0. The molecule has 0 saturated heterocycles. The Balaban J connectivity index is 1.68. The third-order valence-electron chi connectivity index (χ3n) is 4.35. The molecule has 0 radical (unpaired) electrons. The number of hydrogen-bond acceptors (Lipinski definition) is 4. The summed E-state index contributed by atoms with van der Waals surface area (Å²) in [6.07, 6.45) is -2.10. The summed E-state index contributed by atoms with van der Waals surface area (Å²) in [5, 5.41) is 5.36. The van der Waals surface area contributed by atoms with Crippen molar-refractivity contribution in [1.82, 2.24) is 9.55 Å². The van der Waals surface area contributed by atoms with Crippen molar-refractivity contribution in [2.75, 3.05) is 11.9 Å². The van der Waals surface area contributed by atoms with Gasteiger partial charge in [0.15, 0.2) is 5.13 Å². The molecule has 3 rings (SSSR count). The maximum absolute atomic E-state index is 12.9. The number of aryl methyl sites for hydroxylation is 1. The van der Waals surface area contributed by atoms with Crippen molar-refractivity contribution in [1.29, 1.82) is 0 Å². The molecule has 0 aliphatic carbocycles. The van der Waals surface area contributed by atoms with E-state index in [1.54, 1.807) is 36.5 Å². The number of aromatic nitrogens is 2. The Morgan fingerprint density at radius 3 is 2.73 bits per heavy atom. The summed E-state index contributed by atoms with van der Waals surface area (Å²) < 4.78 is 56.8. The zero-order chi connectivity index (χ0) is 21.9. The fourth-order valence-electron chi connectivity index (χ4n) is 2.92. The Labute approximate surface area is 174 Å². The standard InChI is InChI=1S/C20H19F4N3O2S/c1-12-8-16(13(2)27(12)19-25-6-7-30-19)17(28)26-15-5-3-4-14(9-15)10-29-11-20(23,24)18(21)22/h3-9,18H,10-11H2,1-2H3,(H,26,28). The van der Waals surface area contributed by atoms with Gasteiger partial charge in [-0.1, -0.05) is 12.1 Å². The fourth-order valence-corrected chi connectivity index (χ4v) is 3.67. The minimum absolute atomic E-state index is 0.287. The number of amides is 1. The van der Waals surface area contributed by atoms with E-state index in [2.05, 4.69) is 10.3 Å². The van der Waals surface area contributed by atoms with Crippen LogP contribution in [0.25, 0.3) is 5.13 Å². The molecule has 160 valence electrons. The molecule has 3 aromatic rings. The smallest absolute Gasteiger partial charge is 0.330 e. The van der Waals surface area contributed by atoms with Crippen molar-refractivity contribution < 1.29 is 27.1 Å². The molecule has 10 heteroatoms. The van der Waals surface area contributed by atoms with E-state index < -0.39 is 19.0 Å². The van der Waals surface area contributed by atoms with Crippen LogP contribution in [0.2, 0.25) is 0 Å². The second-order valence-electron chi connectivity index (χ2n) is 6.64. The molecule has 0 saturated carbocycles. The van der Waals surface area contributed by atoms with E-state index in [4.69, 9.17) is 4.74 Å². The van der Waals surface area contributed by atoms with E-state index in [0.29, 0.717) is 16.8 Å². The summed E-state index contributed by atoms with van der Waals surface area (Å²) in [5.74, 6) is -4.54. The number of alkyl halides is 4. The van der Waals surface area contributed by atoms with Gasteiger partial charge in [0, 0.05) is 28.7 Å². The van der Waals surface area contributed by atoms with Gasteiger partial charge in [-0.25, -0.2) is 13.8 Å². The highest BCUT2D eigenvalue weighted by Gasteiger charge is 2.40. The minimum atomic E-state index is -4.20. The molecule has 1 aromatic carbocycles. The second kappa shape index (κ2) is 8.97. The first-order valence-corrected chi connectivity index (χ1v) is 9.80. The van der Waals surface area contributed by atoms with Gasteiger partial charge in [0.25, 0.3) is 5.91 Å². The molecule has 1 N–H and O–H groups in total. The van der Waals surface area contributed by atoms with Crippen LogP contribution in [0.3, 0.4) is 0 Å². The summed E-state index contributed by atoms with van der Waals surface area (Å²) in [6.45, 7) is 2.02. The third kappa shape index (κ3) is 4.88. The number of anilines is 1. The fraction of sp³-hybridized carbons (Fsp3) is 0.300. The Hall–Kier alpha value is -2.72. The highest BCUT2D eigenvalue weighted by Crippen LogP contribution is 2.25. The Morgan fingerprint density at radius 2 is 2.07 bits per heavy atom. The first kappa shape index (κ1) is 22.0. The van der Waals surface area contributed by atoms with Crippen LogP contribution in [0.4, 0.5) is 23.2 Å². The van der Waals surface area contributed by atoms with Crippen molar-refractivity contribution in [3.05, 3.63) is 64.4 Å². The van der Waals surface area contributed by atoms with Gasteiger partial charge in [-0.15, -0.1) is 11.3 Å². The van der Waals surface area contributed by atoms with E-state index in [1.165, 1.54) is 11.3 Å². The molecule has 0 bridgehead atoms. The van der Waals surface area contributed by atoms with Gasteiger partial charge in [-0.2, -0.15) is 8.78 Å². The first-order valence-electron chi connectivity index (χ1n) is 8.92. The summed E-state index contributed by atoms with van der Waals surface area (Å²) in [5.41, 5.74) is 2.95. The lowest BCUT2D eigenvalue weighted by Crippen LogP contribution is -2.32. The summed E-state index contributed by atoms with van der Waals surface area (Å²) >= 11 is 1.45. The van der Waals surface area contributed by atoms with Crippen LogP contribution in [0, 0.1) is 13.8 Å². The van der Waals surface area contributed by atoms with Gasteiger partial charge in [-0.3, -0.25) is 9.36 Å². The van der Waals surface area contributed by atoms with E-state index in [-0.39, 0.29) is 12.5 Å². The molecule has 0 spiro atoms. The number of thiazole rings is 1. The number of hydrogen-bond donors (Lipinski definition) is 1. The van der Waals surface area contributed by atoms with Crippen LogP contribution in [-0.2, 0) is 11.3 Å². The normalized spacial score (nSPS) is 11.8. The zero-order valence-electron chi connectivity index (χ0n) is 16.2. The quantitative estimate of drug-likeness (QED) is 0.488. The number of carbonyl (C=O) groups excluding carboxylic acids is 1. The summed E-state index contributed by atoms with van der Waals surface area (Å²) in [4.78, 5) is 17.0. The van der Waals surface area contributed by atoms with E-state index >= 15 is 0 Å². The van der Waals surface area contributed by atoms with Crippen LogP contribution in [0.15, 0.2) is 41.9 Å². The van der Waals surface area contributed by atoms with Crippen LogP contribution in [0.1, 0.15) is 27.3 Å². The lowest BCUT2D eigenvalue weighted by molar-refractivity contribution is -0.168. The van der Waals surface area contributed by atoms with Gasteiger partial charge in [0.05, 0.1) is 12.2 Å². The number of benzene rings is 1. The van der Waals surface area contributed by atoms with Crippen LogP contribution >= 0.6 is 11.3 Å². The molecule has 0 aliphatic heterocycles. The van der Waals surface area contributed by atoms with Gasteiger partial charge in [-0.05, 0) is 37.6 Å². The average molecular weight is 441 g/mol. The molecule has 0 aliphatic rings. The number of nitrogens with zero attached hydrogens (tertiary/aromatic N) is 2. The SMILES string of the molecule is Cc1cc(C(=O)Nc2cccc(COCC(F)(F)C(F)F)c2)c(C)n1-c1nccs1. The van der Waals surface area contributed by atoms with Crippen LogP contribution in [-0.4, -0.2) is 34.4 Å². The van der Waals surface area contributed by atoms with Crippen molar-refractivity contribution in [2.45, 2.75) is 32.8 Å². The van der Waals surface area contributed by atoms with Crippen molar-refractivity contribution >= 4 is 22.9 Å². The van der Waals surface area contributed by atoms with Gasteiger partial charge in [0.1, 0.15) is 6.61 Å². The third-order valence-corrected chi connectivity index (χ3v) is 5.11. The second-order valence-corrected chi connectivity index (χ2v) is 7.52. The van der Waals surface area contributed by atoms with Crippen LogP contribution in [0.5, 0.6) is 0 Å². The monoisotopic (exact) mass is 441 g/mol. The van der Waals surface area contributed by atoms with Crippen molar-refractivity contribution in [3.63, 3.8) is 0 Å². The largest absolute Gasteiger partial charge is 0.370 e. The lowest BCUT2D eigenvalue weighted by Gasteiger charge is -2.15. The number of halogens is 4. The predicted octanol–water partition coefficient (Wildman–Crippen LogP) is 5.22. The molecule has 0 unspecified atom stereocenters. The summed E-state index contributed by atoms with van der Waals surface area (Å²) in [7, 11) is 0. The van der Waals surface area contributed by atoms with Gasteiger partial charge >= 0.3 is 12.3 Å². The Kier molecular flexibility index (Phi) is 6.57. The predicted molar refractivity (Wildman–Crippen MR) is 106 cm³/mol. The number of rotatable bonds is 8. The highest BCUT2D eigenvalue weighted by molar-refractivity contribution is 7.12. The molecule has 0 atom stereocenters. The van der Waals surface area contributed by atoms with E-state index in [0.717, 1.165) is 16.5 Å². The number of ether oxygens (including phenoxy) is 1. The molecule has 2 aromatic heterocycles. The van der Waals surface area contributed by atoms with E-state index in [1.807, 2.05) is 23.8 Å². The topological polar surface area (TPSA) is 56.1 Å². The van der Waals surface area contributed by atoms with Crippen molar-refractivity contribution in [2.24, 2.45) is 0 Å². The van der Waals surface area contributed by atoms with Crippen molar-refractivity contribution in [3.8, 4) is 5.13 Å².